The van der Waals surface area contributed by atoms with Gasteiger partial charge in [-0.05, 0) is 74.2 Å². The Balaban J connectivity index is 0.00000231. The van der Waals surface area contributed by atoms with Crippen LogP contribution in [0.1, 0.15) is 55.6 Å². The van der Waals surface area contributed by atoms with Crippen LogP contribution < -0.4 is 0 Å². The minimum absolute atomic E-state index is 0. The predicted octanol–water partition coefficient (Wildman–Crippen LogP) is 6.64. The highest BCUT2D eigenvalue weighted by Crippen LogP contribution is 2.44. The summed E-state index contributed by atoms with van der Waals surface area (Å²) in [6.45, 7) is 6.86. The van der Waals surface area contributed by atoms with E-state index in [-0.39, 0.29) is 13.2 Å². The van der Waals surface area contributed by atoms with Crippen LogP contribution in [0, 0.1) is 12.7 Å². The van der Waals surface area contributed by atoms with Gasteiger partial charge in [0.15, 0.2) is 0 Å². The SMILES string of the molecule is C.Cc1ccc2c(c1)c1c(n2CC(C)(N=[N+]=[N-])c2ccc(F)cc2)CCN2CCCC12. The summed E-state index contributed by atoms with van der Waals surface area (Å²) in [4.78, 5) is 5.77. The molecule has 0 N–H and O–H groups in total. The summed E-state index contributed by atoms with van der Waals surface area (Å²) in [5, 5.41) is 5.52. The number of hydrogen-bond donors (Lipinski definition) is 0. The minimum atomic E-state index is -0.806. The Hall–Kier alpha value is -2.82. The van der Waals surface area contributed by atoms with Crippen molar-refractivity contribution in [2.75, 3.05) is 13.1 Å². The largest absolute Gasteiger partial charge is 0.343 e. The van der Waals surface area contributed by atoms with Crippen LogP contribution in [0.5, 0.6) is 0 Å². The van der Waals surface area contributed by atoms with E-state index >= 15 is 0 Å². The number of halogens is 1. The number of fused-ring (bicyclic) bond motifs is 5. The highest BCUT2D eigenvalue weighted by Gasteiger charge is 2.37. The van der Waals surface area contributed by atoms with E-state index < -0.39 is 5.54 Å². The van der Waals surface area contributed by atoms with Crippen molar-refractivity contribution in [1.29, 1.82) is 0 Å². The number of nitrogens with zero attached hydrogens (tertiary/aromatic N) is 5. The third-order valence-corrected chi connectivity index (χ3v) is 6.90. The maximum Gasteiger partial charge on any atom is 0.123 e. The van der Waals surface area contributed by atoms with E-state index in [2.05, 4.69) is 44.6 Å². The molecule has 1 saturated heterocycles. The molecule has 0 saturated carbocycles. The van der Waals surface area contributed by atoms with Crippen molar-refractivity contribution in [2.45, 2.75) is 58.7 Å². The first-order valence-electron chi connectivity index (χ1n) is 10.7. The zero-order chi connectivity index (χ0) is 20.9. The molecule has 0 spiro atoms. The Labute approximate surface area is 183 Å². The molecule has 0 aliphatic carbocycles. The lowest BCUT2D eigenvalue weighted by Crippen LogP contribution is -2.33. The van der Waals surface area contributed by atoms with Crippen LogP contribution in [-0.4, -0.2) is 22.6 Å². The second-order valence-corrected chi connectivity index (χ2v) is 8.88. The Bertz CT molecular complexity index is 1160. The molecule has 1 aromatic heterocycles. The second kappa shape index (κ2) is 8.03. The van der Waals surface area contributed by atoms with Crippen molar-refractivity contribution < 1.29 is 4.39 Å². The number of azide groups is 1. The van der Waals surface area contributed by atoms with Gasteiger partial charge in [-0.2, -0.15) is 0 Å². The first-order valence-corrected chi connectivity index (χ1v) is 10.7. The van der Waals surface area contributed by atoms with Crippen molar-refractivity contribution in [3.05, 3.63) is 81.1 Å². The van der Waals surface area contributed by atoms with Gasteiger partial charge in [0.05, 0.1) is 5.54 Å². The molecule has 2 aliphatic heterocycles. The molecule has 2 unspecified atom stereocenters. The molecule has 2 aromatic carbocycles. The number of benzene rings is 2. The first kappa shape index (κ1) is 21.4. The molecule has 0 amide bonds. The molecule has 2 aliphatic rings. The summed E-state index contributed by atoms with van der Waals surface area (Å²) in [7, 11) is 0. The van der Waals surface area contributed by atoms with E-state index in [1.807, 2.05) is 6.92 Å². The normalized spacial score (nSPS) is 19.8. The quantitative estimate of drug-likeness (QED) is 0.265. The van der Waals surface area contributed by atoms with Gasteiger partial charge in [-0.3, -0.25) is 4.90 Å². The van der Waals surface area contributed by atoms with Crippen LogP contribution in [0.3, 0.4) is 0 Å². The molecular formula is C25H30FN5. The zero-order valence-electron chi connectivity index (χ0n) is 17.5. The summed E-state index contributed by atoms with van der Waals surface area (Å²) in [6.07, 6.45) is 3.44. The molecule has 6 heteroatoms. The average molecular weight is 420 g/mol. The standard InChI is InChI=1S/C24H26FN5.CH4/c1-16-5-10-20-19(14-16)23-21-4-3-12-29(21)13-11-22(23)30(20)15-24(2,27-28-26)17-6-8-18(25)9-7-17;/h5-10,14,21H,3-4,11-13,15H2,1-2H3;1H4. The van der Waals surface area contributed by atoms with Gasteiger partial charge >= 0.3 is 0 Å². The minimum Gasteiger partial charge on any atom is -0.343 e. The molecule has 5 rings (SSSR count). The van der Waals surface area contributed by atoms with Gasteiger partial charge in [-0.1, -0.05) is 36.3 Å². The fourth-order valence-corrected chi connectivity index (χ4v) is 5.44. The van der Waals surface area contributed by atoms with E-state index in [0.717, 1.165) is 18.5 Å². The molecule has 31 heavy (non-hydrogen) atoms. The highest BCUT2D eigenvalue weighted by molar-refractivity contribution is 5.87. The Morgan fingerprint density at radius 3 is 2.71 bits per heavy atom. The smallest absolute Gasteiger partial charge is 0.123 e. The first-order chi connectivity index (χ1) is 14.5. The zero-order valence-corrected chi connectivity index (χ0v) is 17.5. The van der Waals surface area contributed by atoms with E-state index in [4.69, 9.17) is 0 Å². The third-order valence-electron chi connectivity index (χ3n) is 6.90. The van der Waals surface area contributed by atoms with Crippen molar-refractivity contribution in [3.63, 3.8) is 0 Å². The van der Waals surface area contributed by atoms with E-state index in [9.17, 15) is 9.92 Å². The van der Waals surface area contributed by atoms with Gasteiger partial charge in [0.2, 0.25) is 0 Å². The summed E-state index contributed by atoms with van der Waals surface area (Å²) in [5.74, 6) is -0.289. The van der Waals surface area contributed by atoms with Crippen LogP contribution >= 0.6 is 0 Å². The van der Waals surface area contributed by atoms with Crippen molar-refractivity contribution in [1.82, 2.24) is 9.47 Å². The monoisotopic (exact) mass is 419 g/mol. The fraction of sp³-hybridized carbons (Fsp3) is 0.440. The highest BCUT2D eigenvalue weighted by atomic mass is 19.1. The van der Waals surface area contributed by atoms with Crippen LogP contribution in [0.4, 0.5) is 4.39 Å². The molecule has 3 aromatic rings. The van der Waals surface area contributed by atoms with Gasteiger partial charge < -0.3 is 4.57 Å². The van der Waals surface area contributed by atoms with Gasteiger partial charge in [-0.25, -0.2) is 4.39 Å². The molecule has 0 radical (unpaired) electrons. The summed E-state index contributed by atoms with van der Waals surface area (Å²) in [5.41, 5.74) is 14.6. The lowest BCUT2D eigenvalue weighted by atomic mass is 9.92. The Morgan fingerprint density at radius 1 is 1.19 bits per heavy atom. The Morgan fingerprint density at radius 2 is 1.97 bits per heavy atom. The van der Waals surface area contributed by atoms with Gasteiger partial charge in [0.25, 0.3) is 0 Å². The number of rotatable bonds is 4. The number of aromatic nitrogens is 1. The summed E-state index contributed by atoms with van der Waals surface area (Å²) < 4.78 is 15.9. The van der Waals surface area contributed by atoms with E-state index in [1.165, 1.54) is 59.2 Å². The maximum absolute atomic E-state index is 13.5. The third kappa shape index (κ3) is 3.50. The van der Waals surface area contributed by atoms with Crippen molar-refractivity contribution in [3.8, 4) is 0 Å². The van der Waals surface area contributed by atoms with Crippen LogP contribution in [0.25, 0.3) is 21.3 Å². The number of hydrogen-bond acceptors (Lipinski definition) is 2. The fourth-order valence-electron chi connectivity index (χ4n) is 5.44. The van der Waals surface area contributed by atoms with Crippen LogP contribution in [0.2, 0.25) is 0 Å². The van der Waals surface area contributed by atoms with Gasteiger partial charge in [0.1, 0.15) is 5.82 Å². The summed E-state index contributed by atoms with van der Waals surface area (Å²) in [6, 6.07) is 13.5. The molecule has 162 valence electrons. The van der Waals surface area contributed by atoms with Crippen molar-refractivity contribution >= 4 is 10.9 Å². The number of aryl methyl sites for hydroxylation is 1. The molecule has 0 bridgehead atoms. The average Bonchev–Trinajstić information content (AvgIpc) is 3.31. The van der Waals surface area contributed by atoms with Gasteiger partial charge in [0, 0.05) is 47.1 Å². The lowest BCUT2D eigenvalue weighted by molar-refractivity contribution is 0.240. The van der Waals surface area contributed by atoms with Crippen LogP contribution in [-0.2, 0) is 18.5 Å². The maximum atomic E-state index is 13.5. The topological polar surface area (TPSA) is 56.9 Å². The lowest BCUT2D eigenvalue weighted by Gasteiger charge is -2.32. The molecular weight excluding hydrogens is 389 g/mol. The van der Waals surface area contributed by atoms with E-state index in [1.54, 1.807) is 12.1 Å². The van der Waals surface area contributed by atoms with E-state index in [0.29, 0.717) is 12.6 Å². The Kier molecular flexibility index (Phi) is 5.54. The van der Waals surface area contributed by atoms with Crippen LogP contribution in [0.15, 0.2) is 47.6 Å². The molecule has 3 heterocycles. The second-order valence-electron chi connectivity index (χ2n) is 8.88. The molecule has 2 atom stereocenters. The molecule has 1 fully saturated rings. The predicted molar refractivity (Wildman–Crippen MR) is 124 cm³/mol. The van der Waals surface area contributed by atoms with Gasteiger partial charge in [-0.15, -0.1) is 0 Å². The summed E-state index contributed by atoms with van der Waals surface area (Å²) >= 11 is 0. The van der Waals surface area contributed by atoms with Crippen molar-refractivity contribution in [2.24, 2.45) is 5.11 Å². The molecule has 5 nitrogen and oxygen atoms in total.